The van der Waals surface area contributed by atoms with Crippen LogP contribution in [-0.2, 0) is 4.74 Å². The molecule has 0 radical (unpaired) electrons. The molecule has 0 spiro atoms. The molecule has 2 aromatic rings. The maximum atomic E-state index is 11.8. The predicted molar refractivity (Wildman–Crippen MR) is 94.3 cm³/mol. The van der Waals surface area contributed by atoms with E-state index in [4.69, 9.17) is 16.3 Å². The van der Waals surface area contributed by atoms with Crippen molar-refractivity contribution in [2.75, 3.05) is 11.9 Å². The Morgan fingerprint density at radius 2 is 1.96 bits per heavy atom. The van der Waals surface area contributed by atoms with Gasteiger partial charge in [0.25, 0.3) is 0 Å². The van der Waals surface area contributed by atoms with Crippen LogP contribution in [0.25, 0.3) is 10.9 Å². The van der Waals surface area contributed by atoms with Crippen molar-refractivity contribution in [3.05, 3.63) is 23.7 Å². The summed E-state index contributed by atoms with van der Waals surface area (Å²) in [5, 5.41) is 6.98. The third-order valence-corrected chi connectivity index (χ3v) is 3.17. The van der Waals surface area contributed by atoms with Gasteiger partial charge in [0.2, 0.25) is 5.28 Å². The Morgan fingerprint density at radius 1 is 1.25 bits per heavy atom. The molecule has 0 aromatic carbocycles. The van der Waals surface area contributed by atoms with Crippen molar-refractivity contribution in [1.82, 2.24) is 20.3 Å². The molecule has 2 N–H and O–H groups in total. The standard InChI is InChI=1S/C16H22ClN5O2/c1-15(2,3)24-14(23)19-9-16(4,5)22-12-10-6-7-18-8-11(10)20-13(17)21-12/h6-8H,9H2,1-5H3,(H,19,23)(H,20,21,22). The number of rotatable bonds is 4. The van der Waals surface area contributed by atoms with Crippen molar-refractivity contribution in [1.29, 1.82) is 0 Å². The lowest BCUT2D eigenvalue weighted by molar-refractivity contribution is 0.0520. The van der Waals surface area contributed by atoms with Gasteiger partial charge in [-0.1, -0.05) is 0 Å². The zero-order valence-electron chi connectivity index (χ0n) is 14.5. The third-order valence-electron chi connectivity index (χ3n) is 3.00. The third kappa shape index (κ3) is 5.19. The Morgan fingerprint density at radius 3 is 2.62 bits per heavy atom. The molecular weight excluding hydrogens is 330 g/mol. The van der Waals surface area contributed by atoms with E-state index < -0.39 is 17.2 Å². The minimum atomic E-state index is -0.537. The number of carbonyl (C=O) groups is 1. The minimum Gasteiger partial charge on any atom is -0.444 e. The van der Waals surface area contributed by atoms with Crippen LogP contribution in [0.15, 0.2) is 18.5 Å². The summed E-state index contributed by atoms with van der Waals surface area (Å²) in [5.74, 6) is 0.586. The van der Waals surface area contributed by atoms with Crippen molar-refractivity contribution < 1.29 is 9.53 Å². The second kappa shape index (κ2) is 6.76. The number of nitrogens with one attached hydrogen (secondary N) is 2. The van der Waals surface area contributed by atoms with Crippen molar-refractivity contribution in [2.45, 2.75) is 45.8 Å². The monoisotopic (exact) mass is 351 g/mol. The summed E-state index contributed by atoms with van der Waals surface area (Å²) in [6.45, 7) is 9.67. The number of anilines is 1. The molecule has 0 unspecified atom stereocenters. The Balaban J connectivity index is 2.10. The number of carbonyl (C=O) groups excluding carboxylic acids is 1. The molecule has 0 aliphatic heterocycles. The van der Waals surface area contributed by atoms with E-state index in [0.29, 0.717) is 17.9 Å². The van der Waals surface area contributed by atoms with Gasteiger partial charge in [0.15, 0.2) is 0 Å². The number of hydrogen-bond acceptors (Lipinski definition) is 6. The lowest BCUT2D eigenvalue weighted by Crippen LogP contribution is -2.45. The molecule has 0 bridgehead atoms. The maximum absolute atomic E-state index is 11.8. The van der Waals surface area contributed by atoms with E-state index in [2.05, 4.69) is 25.6 Å². The van der Waals surface area contributed by atoms with Crippen LogP contribution in [0.3, 0.4) is 0 Å². The van der Waals surface area contributed by atoms with Gasteiger partial charge in [0, 0.05) is 18.1 Å². The van der Waals surface area contributed by atoms with Crippen molar-refractivity contribution >= 4 is 34.4 Å². The van der Waals surface area contributed by atoms with Crippen LogP contribution in [0.1, 0.15) is 34.6 Å². The van der Waals surface area contributed by atoms with Crippen LogP contribution in [0, 0.1) is 0 Å². The summed E-state index contributed by atoms with van der Waals surface area (Å²) < 4.78 is 5.24. The smallest absolute Gasteiger partial charge is 0.407 e. The number of alkyl carbamates (subject to hydrolysis) is 1. The van der Waals surface area contributed by atoms with E-state index in [1.807, 2.05) is 40.7 Å². The minimum absolute atomic E-state index is 0.133. The van der Waals surface area contributed by atoms with Crippen LogP contribution in [-0.4, -0.2) is 38.7 Å². The van der Waals surface area contributed by atoms with Crippen LogP contribution in [0.5, 0.6) is 0 Å². The fraction of sp³-hybridized carbons (Fsp3) is 0.500. The molecule has 0 aliphatic carbocycles. The quantitative estimate of drug-likeness (QED) is 0.821. The van der Waals surface area contributed by atoms with Crippen molar-refractivity contribution in [2.24, 2.45) is 0 Å². The van der Waals surface area contributed by atoms with Crippen LogP contribution in [0.4, 0.5) is 10.6 Å². The zero-order chi connectivity index (χ0) is 18.0. The van der Waals surface area contributed by atoms with E-state index in [1.54, 1.807) is 12.4 Å². The topological polar surface area (TPSA) is 89.0 Å². The summed E-state index contributed by atoms with van der Waals surface area (Å²) in [7, 11) is 0. The molecule has 130 valence electrons. The molecule has 1 amide bonds. The number of hydrogen-bond donors (Lipinski definition) is 2. The summed E-state index contributed by atoms with van der Waals surface area (Å²) in [5.41, 5.74) is -0.369. The van der Waals surface area contributed by atoms with Gasteiger partial charge in [-0.15, -0.1) is 0 Å². The number of aromatic nitrogens is 3. The Kier molecular flexibility index (Phi) is 5.13. The lowest BCUT2D eigenvalue weighted by Gasteiger charge is -2.28. The second-order valence-electron chi connectivity index (χ2n) is 7.10. The maximum Gasteiger partial charge on any atom is 0.407 e. The average Bonchev–Trinajstić information content (AvgIpc) is 2.43. The Hall–Kier alpha value is -2.15. The van der Waals surface area contributed by atoms with Crippen molar-refractivity contribution in [3.63, 3.8) is 0 Å². The first kappa shape index (κ1) is 18.2. The van der Waals surface area contributed by atoms with Crippen LogP contribution in [0.2, 0.25) is 5.28 Å². The fourth-order valence-corrected chi connectivity index (χ4v) is 2.20. The largest absolute Gasteiger partial charge is 0.444 e. The predicted octanol–water partition coefficient (Wildman–Crippen LogP) is 3.39. The highest BCUT2D eigenvalue weighted by atomic mass is 35.5. The molecule has 0 saturated carbocycles. The zero-order valence-corrected chi connectivity index (χ0v) is 15.2. The van der Waals surface area contributed by atoms with E-state index in [-0.39, 0.29) is 5.28 Å². The molecule has 2 heterocycles. The molecule has 8 heteroatoms. The molecule has 0 aliphatic rings. The molecular formula is C16H22ClN5O2. The van der Waals surface area contributed by atoms with E-state index in [0.717, 1.165) is 5.39 Å². The fourth-order valence-electron chi connectivity index (χ4n) is 2.02. The summed E-state index contributed by atoms with van der Waals surface area (Å²) >= 11 is 5.97. The normalized spacial score (nSPS) is 12.1. The van der Waals surface area contributed by atoms with Crippen LogP contribution < -0.4 is 10.6 Å². The first-order valence-corrected chi connectivity index (χ1v) is 7.96. The number of nitrogens with zero attached hydrogens (tertiary/aromatic N) is 3. The van der Waals surface area contributed by atoms with E-state index >= 15 is 0 Å². The number of pyridine rings is 1. The van der Waals surface area contributed by atoms with Gasteiger partial charge < -0.3 is 15.4 Å². The Labute approximate surface area is 146 Å². The van der Waals surface area contributed by atoms with Crippen molar-refractivity contribution in [3.8, 4) is 0 Å². The molecule has 0 saturated heterocycles. The molecule has 2 rings (SSSR count). The van der Waals surface area contributed by atoms with Gasteiger partial charge in [-0.25, -0.2) is 14.8 Å². The molecule has 0 fully saturated rings. The van der Waals surface area contributed by atoms with E-state index in [9.17, 15) is 4.79 Å². The van der Waals surface area contributed by atoms with E-state index in [1.165, 1.54) is 0 Å². The molecule has 0 atom stereocenters. The SMILES string of the molecule is CC(C)(CNC(=O)OC(C)(C)C)Nc1nc(Cl)nc2cnccc12. The van der Waals surface area contributed by atoms with Gasteiger partial charge >= 0.3 is 6.09 Å². The highest BCUT2D eigenvalue weighted by Gasteiger charge is 2.23. The van der Waals surface area contributed by atoms with Gasteiger partial charge in [-0.3, -0.25) is 4.98 Å². The highest BCUT2D eigenvalue weighted by molar-refractivity contribution is 6.28. The summed E-state index contributed by atoms with van der Waals surface area (Å²) in [6.07, 6.45) is 2.82. The first-order chi connectivity index (χ1) is 11.1. The number of fused-ring (bicyclic) bond motifs is 1. The van der Waals surface area contributed by atoms with Gasteiger partial charge in [-0.2, -0.15) is 0 Å². The number of amides is 1. The number of halogens is 1. The van der Waals surface area contributed by atoms with Gasteiger partial charge in [-0.05, 0) is 52.3 Å². The first-order valence-electron chi connectivity index (χ1n) is 7.58. The van der Waals surface area contributed by atoms with Crippen LogP contribution >= 0.6 is 11.6 Å². The molecule has 2 aromatic heterocycles. The highest BCUT2D eigenvalue weighted by Crippen LogP contribution is 2.23. The lowest BCUT2D eigenvalue weighted by atomic mass is 10.1. The summed E-state index contributed by atoms with van der Waals surface area (Å²) in [4.78, 5) is 24.2. The average molecular weight is 352 g/mol. The molecule has 7 nitrogen and oxygen atoms in total. The number of ether oxygens (including phenoxy) is 1. The van der Waals surface area contributed by atoms with Gasteiger partial charge in [0.05, 0.1) is 17.3 Å². The Bertz CT molecular complexity index is 743. The second-order valence-corrected chi connectivity index (χ2v) is 7.44. The van der Waals surface area contributed by atoms with Gasteiger partial charge in [0.1, 0.15) is 11.4 Å². The molecule has 24 heavy (non-hydrogen) atoms. The summed E-state index contributed by atoms with van der Waals surface area (Å²) in [6, 6.07) is 1.81.